The van der Waals surface area contributed by atoms with E-state index in [2.05, 4.69) is 20.8 Å². The van der Waals surface area contributed by atoms with Crippen molar-refractivity contribution in [2.75, 3.05) is 11.9 Å². The number of aromatic hydroxyl groups is 1. The molecule has 15 nitrogen and oxygen atoms in total. The fourth-order valence-electron chi connectivity index (χ4n) is 2.65. The highest BCUT2D eigenvalue weighted by molar-refractivity contribution is 7.14. The molecule has 0 aliphatic rings. The molecular formula is C21H25N5O10S. The number of aromatic nitrogens is 1. The van der Waals surface area contributed by atoms with Crippen LogP contribution in [0.2, 0.25) is 0 Å². The SMILES string of the molecule is CC(C)(ON=C(C(=O)NC(Cc1cccc(C(=O)O)c1O)C(O)O)c1csc(NC(=O)CN)n1)C(=O)O. The van der Waals surface area contributed by atoms with Crippen LogP contribution in [0.25, 0.3) is 0 Å². The summed E-state index contributed by atoms with van der Waals surface area (Å²) < 4.78 is 0. The van der Waals surface area contributed by atoms with Crippen molar-refractivity contribution >= 4 is 45.9 Å². The molecule has 37 heavy (non-hydrogen) atoms. The molecule has 2 aromatic rings. The Balaban J connectivity index is 2.39. The summed E-state index contributed by atoms with van der Waals surface area (Å²) in [5, 5.41) is 57.9. The number of aliphatic hydroxyl groups excluding tert-OH is 1. The molecule has 2 amide bonds. The van der Waals surface area contributed by atoms with Crippen molar-refractivity contribution in [3.05, 3.63) is 40.4 Å². The average molecular weight is 540 g/mol. The molecule has 1 unspecified atom stereocenters. The summed E-state index contributed by atoms with van der Waals surface area (Å²) in [4.78, 5) is 56.3. The van der Waals surface area contributed by atoms with Gasteiger partial charge in [0, 0.05) is 11.8 Å². The zero-order chi connectivity index (χ0) is 27.9. The molecule has 0 aliphatic carbocycles. The molecule has 0 fully saturated rings. The Morgan fingerprint density at radius 1 is 1.22 bits per heavy atom. The van der Waals surface area contributed by atoms with Crippen LogP contribution >= 0.6 is 11.3 Å². The lowest BCUT2D eigenvalue weighted by Crippen LogP contribution is -2.47. The third-order valence-electron chi connectivity index (χ3n) is 4.74. The quantitative estimate of drug-likeness (QED) is 0.0924. The number of carboxylic acid groups (broad SMARTS) is 2. The molecule has 1 heterocycles. The molecule has 0 aliphatic heterocycles. The van der Waals surface area contributed by atoms with E-state index in [0.29, 0.717) is 0 Å². The molecular weight excluding hydrogens is 514 g/mol. The monoisotopic (exact) mass is 539 g/mol. The number of benzene rings is 1. The summed E-state index contributed by atoms with van der Waals surface area (Å²) in [6.45, 7) is 2.00. The first kappa shape index (κ1) is 29.1. The van der Waals surface area contributed by atoms with Gasteiger partial charge in [0.05, 0.1) is 12.6 Å². The smallest absolute Gasteiger partial charge is 0.350 e. The first-order chi connectivity index (χ1) is 17.3. The maximum atomic E-state index is 13.1. The van der Waals surface area contributed by atoms with E-state index in [4.69, 9.17) is 10.6 Å². The van der Waals surface area contributed by atoms with Crippen molar-refractivity contribution in [2.45, 2.75) is 38.2 Å². The number of nitrogens with one attached hydrogen (secondary N) is 2. The normalized spacial score (nSPS) is 12.6. The van der Waals surface area contributed by atoms with Crippen LogP contribution in [0, 0.1) is 0 Å². The molecule has 0 saturated heterocycles. The van der Waals surface area contributed by atoms with E-state index >= 15 is 0 Å². The minimum Gasteiger partial charge on any atom is -0.507 e. The van der Waals surface area contributed by atoms with Crippen molar-refractivity contribution < 1.29 is 49.5 Å². The Kier molecular flexibility index (Phi) is 9.61. The van der Waals surface area contributed by atoms with Crippen LogP contribution in [0.3, 0.4) is 0 Å². The number of aliphatic carboxylic acids is 1. The standard InChI is InChI=1S/C21H25N5O10S/c1-21(2,19(34)35)36-26-14(12-8-37-20(24-12)25-13(27)7-22)16(29)23-11(18(32)33)6-9-4-3-5-10(15(9)28)17(30)31/h3-5,8,11,18,28,32-33H,6-7,22H2,1-2H3,(H,23,29)(H,30,31)(H,34,35)(H,24,25,27). The number of aromatic carboxylic acids is 1. The highest BCUT2D eigenvalue weighted by Crippen LogP contribution is 2.24. The van der Waals surface area contributed by atoms with Gasteiger partial charge < -0.3 is 46.7 Å². The molecule has 2 rings (SSSR count). The number of hydrogen-bond donors (Lipinski definition) is 8. The minimum atomic E-state index is -2.18. The average Bonchev–Trinajstić information content (AvgIpc) is 3.27. The Hall–Kier alpha value is -4.12. The minimum absolute atomic E-state index is 0.0134. The fraction of sp³-hybridized carbons (Fsp3) is 0.333. The molecule has 0 saturated carbocycles. The van der Waals surface area contributed by atoms with Crippen LogP contribution in [0.5, 0.6) is 5.75 Å². The molecule has 0 bridgehead atoms. The summed E-state index contributed by atoms with van der Waals surface area (Å²) in [7, 11) is 0. The van der Waals surface area contributed by atoms with Gasteiger partial charge in [-0.05, 0) is 25.5 Å². The third kappa shape index (κ3) is 7.68. The Labute approximate surface area is 213 Å². The molecule has 1 atom stereocenters. The first-order valence-electron chi connectivity index (χ1n) is 10.4. The third-order valence-corrected chi connectivity index (χ3v) is 5.50. The first-order valence-corrected chi connectivity index (χ1v) is 11.3. The number of aliphatic hydroxyl groups is 2. The van der Waals surface area contributed by atoms with E-state index in [1.165, 1.54) is 31.4 Å². The predicted octanol–water partition coefficient (Wildman–Crippen LogP) is -0.934. The predicted molar refractivity (Wildman–Crippen MR) is 128 cm³/mol. The number of anilines is 1. The van der Waals surface area contributed by atoms with Crippen LogP contribution in [0.4, 0.5) is 5.13 Å². The fourth-order valence-corrected chi connectivity index (χ4v) is 3.36. The molecule has 200 valence electrons. The van der Waals surface area contributed by atoms with Gasteiger partial charge in [0.2, 0.25) is 11.5 Å². The van der Waals surface area contributed by atoms with Gasteiger partial charge in [0.1, 0.15) is 17.0 Å². The lowest BCUT2D eigenvalue weighted by atomic mass is 10.0. The van der Waals surface area contributed by atoms with Crippen LogP contribution in [-0.4, -0.2) is 84.5 Å². The second-order valence-electron chi connectivity index (χ2n) is 7.95. The second kappa shape index (κ2) is 12.2. The number of oxime groups is 1. The van der Waals surface area contributed by atoms with Gasteiger partial charge in [-0.15, -0.1) is 11.3 Å². The molecule has 9 N–H and O–H groups in total. The molecule has 16 heteroatoms. The summed E-state index contributed by atoms with van der Waals surface area (Å²) >= 11 is 0.894. The number of thiazole rings is 1. The number of amides is 2. The lowest BCUT2D eigenvalue weighted by molar-refractivity contribution is -0.161. The van der Waals surface area contributed by atoms with Crippen molar-refractivity contribution in [3.63, 3.8) is 0 Å². The zero-order valence-electron chi connectivity index (χ0n) is 19.5. The highest BCUT2D eigenvalue weighted by Gasteiger charge is 2.32. The Bertz CT molecular complexity index is 1210. The maximum absolute atomic E-state index is 13.1. The lowest BCUT2D eigenvalue weighted by Gasteiger charge is -2.22. The van der Waals surface area contributed by atoms with Gasteiger partial charge in [-0.3, -0.25) is 9.59 Å². The summed E-state index contributed by atoms with van der Waals surface area (Å²) in [5.74, 6) is -5.11. The summed E-state index contributed by atoms with van der Waals surface area (Å²) in [6.07, 6.45) is -2.59. The largest absolute Gasteiger partial charge is 0.507 e. The van der Waals surface area contributed by atoms with Crippen molar-refractivity contribution in [1.82, 2.24) is 10.3 Å². The number of phenols is 1. The summed E-state index contributed by atoms with van der Waals surface area (Å²) in [5.41, 5.74) is 2.20. The molecule has 0 radical (unpaired) electrons. The second-order valence-corrected chi connectivity index (χ2v) is 8.81. The van der Waals surface area contributed by atoms with Crippen LogP contribution in [0.15, 0.2) is 28.7 Å². The van der Waals surface area contributed by atoms with Gasteiger partial charge in [0.25, 0.3) is 5.91 Å². The summed E-state index contributed by atoms with van der Waals surface area (Å²) in [6, 6.07) is 2.29. The number of nitrogens with zero attached hydrogens (tertiary/aromatic N) is 2. The number of carbonyl (C=O) groups is 4. The van der Waals surface area contributed by atoms with Gasteiger partial charge in [-0.1, -0.05) is 17.3 Å². The number of carboxylic acids is 2. The van der Waals surface area contributed by atoms with Gasteiger partial charge in [0.15, 0.2) is 17.1 Å². The molecule has 1 aromatic heterocycles. The van der Waals surface area contributed by atoms with E-state index in [9.17, 15) is 44.7 Å². The van der Waals surface area contributed by atoms with E-state index in [1.54, 1.807) is 0 Å². The zero-order valence-corrected chi connectivity index (χ0v) is 20.4. The molecule has 1 aromatic carbocycles. The van der Waals surface area contributed by atoms with Crippen molar-refractivity contribution in [1.29, 1.82) is 0 Å². The van der Waals surface area contributed by atoms with Crippen LogP contribution < -0.4 is 16.4 Å². The van der Waals surface area contributed by atoms with E-state index < -0.39 is 65.1 Å². The number of para-hydroxylation sites is 1. The van der Waals surface area contributed by atoms with E-state index in [1.807, 2.05) is 0 Å². The van der Waals surface area contributed by atoms with E-state index in [-0.39, 0.29) is 22.9 Å². The van der Waals surface area contributed by atoms with Crippen molar-refractivity contribution in [2.24, 2.45) is 10.9 Å². The molecule has 0 spiro atoms. The van der Waals surface area contributed by atoms with Gasteiger partial charge in [-0.25, -0.2) is 14.6 Å². The van der Waals surface area contributed by atoms with Crippen LogP contribution in [0.1, 0.15) is 35.5 Å². The van der Waals surface area contributed by atoms with Crippen molar-refractivity contribution in [3.8, 4) is 5.75 Å². The van der Waals surface area contributed by atoms with Gasteiger partial charge >= 0.3 is 11.9 Å². The van der Waals surface area contributed by atoms with E-state index in [0.717, 1.165) is 17.4 Å². The highest BCUT2D eigenvalue weighted by atomic mass is 32.1. The number of rotatable bonds is 12. The number of carbonyl (C=O) groups excluding carboxylic acids is 2. The Morgan fingerprint density at radius 2 is 1.89 bits per heavy atom. The topological polar surface area (TPSA) is 254 Å². The van der Waals surface area contributed by atoms with Gasteiger partial charge in [-0.2, -0.15) is 0 Å². The van der Waals surface area contributed by atoms with Crippen LogP contribution in [-0.2, 0) is 25.6 Å². The number of nitrogens with two attached hydrogens (primary N) is 1. The maximum Gasteiger partial charge on any atom is 0.350 e. The number of hydrogen-bond acceptors (Lipinski definition) is 12. The Morgan fingerprint density at radius 3 is 2.46 bits per heavy atom.